The molecule has 2 amide bonds. The fourth-order valence-electron chi connectivity index (χ4n) is 2.77. The second-order valence-corrected chi connectivity index (χ2v) is 7.45. The van der Waals surface area contributed by atoms with Gasteiger partial charge in [-0.05, 0) is 23.8 Å². The summed E-state index contributed by atoms with van der Waals surface area (Å²) in [4.78, 5) is 24.4. The number of hydrogen-bond acceptors (Lipinski definition) is 5. The Hall–Kier alpha value is -2.53. The van der Waals surface area contributed by atoms with Crippen LogP contribution in [0, 0.1) is 17.2 Å². The number of rotatable bonds is 5. The van der Waals surface area contributed by atoms with Crippen LogP contribution in [0.25, 0.3) is 0 Å². The summed E-state index contributed by atoms with van der Waals surface area (Å²) < 4.78 is 0. The summed E-state index contributed by atoms with van der Waals surface area (Å²) in [5.74, 6) is -1.26. The quantitative estimate of drug-likeness (QED) is 0.717. The van der Waals surface area contributed by atoms with E-state index in [1.165, 1.54) is 11.8 Å². The monoisotopic (exact) mass is 400 g/mol. The minimum absolute atomic E-state index is 0.128. The van der Waals surface area contributed by atoms with Gasteiger partial charge in [0.2, 0.25) is 11.8 Å². The van der Waals surface area contributed by atoms with Gasteiger partial charge in [0.1, 0.15) is 11.4 Å². The number of anilines is 1. The largest absolute Gasteiger partial charge is 0.331 e. The molecule has 0 radical (unpaired) electrons. The van der Waals surface area contributed by atoms with Crippen molar-refractivity contribution in [3.05, 3.63) is 65.2 Å². The first kappa shape index (κ1) is 19.2. The van der Waals surface area contributed by atoms with Crippen LogP contribution >= 0.6 is 23.4 Å². The predicted octanol–water partition coefficient (Wildman–Crippen LogP) is 2.90. The molecule has 0 aromatic heterocycles. The van der Waals surface area contributed by atoms with E-state index in [0.29, 0.717) is 10.7 Å². The fourth-order valence-corrected chi connectivity index (χ4v) is 3.79. The minimum atomic E-state index is -0.829. The number of hydrogen-bond donors (Lipinski definition) is 3. The third-order valence-electron chi connectivity index (χ3n) is 4.01. The van der Waals surface area contributed by atoms with Crippen molar-refractivity contribution in [2.75, 3.05) is 11.1 Å². The van der Waals surface area contributed by atoms with Crippen LogP contribution in [-0.4, -0.2) is 23.1 Å². The number of nitrogens with one attached hydrogen (secondary N) is 3. The lowest BCUT2D eigenvalue weighted by molar-refractivity contribution is -0.126. The average molecular weight is 401 g/mol. The van der Waals surface area contributed by atoms with Gasteiger partial charge in [-0.25, -0.2) is 0 Å². The molecule has 8 heteroatoms. The number of amides is 2. The Morgan fingerprint density at radius 3 is 2.70 bits per heavy atom. The van der Waals surface area contributed by atoms with E-state index in [0.717, 1.165) is 5.56 Å². The molecule has 0 bridgehead atoms. The van der Waals surface area contributed by atoms with E-state index >= 15 is 0 Å². The number of nitriles is 1. The van der Waals surface area contributed by atoms with E-state index in [1.54, 1.807) is 24.3 Å². The van der Waals surface area contributed by atoms with Crippen LogP contribution in [-0.2, 0) is 9.59 Å². The molecule has 3 atom stereocenters. The Bertz CT molecular complexity index is 872. The van der Waals surface area contributed by atoms with E-state index < -0.39 is 17.5 Å². The zero-order valence-electron chi connectivity index (χ0n) is 14.2. The lowest BCUT2D eigenvalue weighted by Gasteiger charge is -2.34. The van der Waals surface area contributed by atoms with E-state index in [1.807, 2.05) is 30.3 Å². The van der Waals surface area contributed by atoms with Gasteiger partial charge in [0, 0.05) is 10.7 Å². The molecular formula is C19H17ClN4O2S. The molecular weight excluding hydrogens is 384 g/mol. The summed E-state index contributed by atoms with van der Waals surface area (Å²) in [6, 6.07) is 17.8. The van der Waals surface area contributed by atoms with Crippen molar-refractivity contribution < 1.29 is 9.59 Å². The van der Waals surface area contributed by atoms with Gasteiger partial charge in [0.25, 0.3) is 0 Å². The molecule has 0 aliphatic carbocycles. The Morgan fingerprint density at radius 2 is 2.00 bits per heavy atom. The maximum Gasteiger partial charge on any atom is 0.241 e. The van der Waals surface area contributed by atoms with Gasteiger partial charge in [0.15, 0.2) is 0 Å². The van der Waals surface area contributed by atoms with E-state index in [4.69, 9.17) is 11.6 Å². The summed E-state index contributed by atoms with van der Waals surface area (Å²) >= 11 is 7.15. The molecule has 6 nitrogen and oxygen atoms in total. The summed E-state index contributed by atoms with van der Waals surface area (Å²) in [5, 5.41) is 18.6. The van der Waals surface area contributed by atoms with Gasteiger partial charge in [0.05, 0.1) is 17.9 Å². The molecule has 3 rings (SSSR count). The third-order valence-corrected chi connectivity index (χ3v) is 5.26. The van der Waals surface area contributed by atoms with Crippen LogP contribution in [0.15, 0.2) is 54.6 Å². The highest BCUT2D eigenvalue weighted by Gasteiger charge is 2.37. The molecule has 2 aromatic carbocycles. The van der Waals surface area contributed by atoms with Crippen molar-refractivity contribution in [1.29, 1.82) is 5.26 Å². The molecule has 27 heavy (non-hydrogen) atoms. The summed E-state index contributed by atoms with van der Waals surface area (Å²) in [5.41, 5.74) is 0.991. The Labute approximate surface area is 166 Å². The summed E-state index contributed by atoms with van der Waals surface area (Å²) in [7, 11) is 0. The molecule has 0 spiro atoms. The first-order valence-corrected chi connectivity index (χ1v) is 9.67. The Morgan fingerprint density at radius 1 is 1.22 bits per heavy atom. The molecule has 1 heterocycles. The lowest BCUT2D eigenvalue weighted by Crippen LogP contribution is -2.56. The number of carbonyl (C=O) groups excluding carboxylic acids is 2. The normalized spacial score (nSPS) is 21.8. The molecule has 138 valence electrons. The number of carbonyl (C=O) groups is 2. The van der Waals surface area contributed by atoms with Crippen molar-refractivity contribution in [3.8, 4) is 6.07 Å². The van der Waals surface area contributed by atoms with Crippen LogP contribution in [0.5, 0.6) is 0 Å². The molecule has 1 aliphatic rings. The van der Waals surface area contributed by atoms with Gasteiger partial charge in [-0.3, -0.25) is 14.9 Å². The zero-order valence-corrected chi connectivity index (χ0v) is 15.8. The number of halogens is 1. The zero-order chi connectivity index (χ0) is 19.2. The minimum Gasteiger partial charge on any atom is -0.331 e. The first-order chi connectivity index (χ1) is 13.1. The maximum atomic E-state index is 12.3. The molecule has 0 saturated carbocycles. The van der Waals surface area contributed by atoms with Crippen molar-refractivity contribution in [2.45, 2.75) is 11.5 Å². The van der Waals surface area contributed by atoms with Crippen molar-refractivity contribution in [1.82, 2.24) is 10.6 Å². The predicted molar refractivity (Wildman–Crippen MR) is 106 cm³/mol. The van der Waals surface area contributed by atoms with Crippen molar-refractivity contribution in [3.63, 3.8) is 0 Å². The SMILES string of the molecule is N#CC1C(=O)NC(SCC(=O)Nc2cccc(Cl)c2)NC1c1ccccc1. The van der Waals surface area contributed by atoms with E-state index in [-0.39, 0.29) is 17.6 Å². The topological polar surface area (TPSA) is 94.0 Å². The molecule has 3 unspecified atom stereocenters. The van der Waals surface area contributed by atoms with E-state index in [2.05, 4.69) is 22.0 Å². The van der Waals surface area contributed by atoms with Gasteiger partial charge < -0.3 is 10.6 Å². The number of nitrogens with zero attached hydrogens (tertiary/aromatic N) is 1. The lowest BCUT2D eigenvalue weighted by atomic mass is 9.92. The van der Waals surface area contributed by atoms with Gasteiger partial charge >= 0.3 is 0 Å². The van der Waals surface area contributed by atoms with E-state index in [9.17, 15) is 14.9 Å². The van der Waals surface area contributed by atoms with Gasteiger partial charge in [-0.2, -0.15) is 5.26 Å². The van der Waals surface area contributed by atoms with Gasteiger partial charge in [-0.15, -0.1) is 11.8 Å². The average Bonchev–Trinajstić information content (AvgIpc) is 2.66. The van der Waals surface area contributed by atoms with Crippen LogP contribution in [0.2, 0.25) is 5.02 Å². The Kier molecular flexibility index (Phi) is 6.35. The highest BCUT2D eigenvalue weighted by molar-refractivity contribution is 8.00. The first-order valence-electron chi connectivity index (χ1n) is 8.25. The van der Waals surface area contributed by atoms with Crippen LogP contribution in [0.1, 0.15) is 11.6 Å². The van der Waals surface area contributed by atoms with Crippen LogP contribution in [0.4, 0.5) is 5.69 Å². The highest BCUT2D eigenvalue weighted by atomic mass is 35.5. The number of thioether (sulfide) groups is 1. The molecule has 2 aromatic rings. The molecule has 1 saturated heterocycles. The summed E-state index contributed by atoms with van der Waals surface area (Å²) in [6.07, 6.45) is 0. The smallest absolute Gasteiger partial charge is 0.241 e. The second kappa shape index (κ2) is 8.91. The van der Waals surface area contributed by atoms with Crippen LogP contribution < -0.4 is 16.0 Å². The highest BCUT2D eigenvalue weighted by Crippen LogP contribution is 2.28. The van der Waals surface area contributed by atoms with Gasteiger partial charge in [-0.1, -0.05) is 48.0 Å². The standard InChI is InChI=1S/C19H17ClN4O2S/c20-13-7-4-8-14(9-13)22-16(25)11-27-19-23-17(12-5-2-1-3-6-12)15(10-21)18(26)24-19/h1-9,15,17,19,23H,11H2,(H,22,25)(H,24,26). The molecule has 1 fully saturated rings. The van der Waals surface area contributed by atoms with Crippen LogP contribution in [0.3, 0.4) is 0 Å². The van der Waals surface area contributed by atoms with Crippen molar-refractivity contribution >= 4 is 40.9 Å². The third kappa shape index (κ3) is 5.01. The summed E-state index contributed by atoms with van der Waals surface area (Å²) in [6.45, 7) is 0. The molecule has 3 N–H and O–H groups in total. The fraction of sp³-hybridized carbons (Fsp3) is 0.211. The Balaban J connectivity index is 1.61. The number of benzene rings is 2. The van der Waals surface area contributed by atoms with Crippen molar-refractivity contribution in [2.24, 2.45) is 5.92 Å². The maximum absolute atomic E-state index is 12.3. The second-order valence-electron chi connectivity index (χ2n) is 5.92. The molecule has 1 aliphatic heterocycles.